The van der Waals surface area contributed by atoms with E-state index >= 15 is 0 Å². The summed E-state index contributed by atoms with van der Waals surface area (Å²) in [7, 11) is 0. The van der Waals surface area contributed by atoms with Gasteiger partial charge in [-0.1, -0.05) is 46.0 Å². The second kappa shape index (κ2) is 10.5. The molecule has 0 unspecified atom stereocenters. The Balaban J connectivity index is 2.45. The number of nitrogens with zero attached hydrogens (tertiary/aromatic N) is 1. The summed E-state index contributed by atoms with van der Waals surface area (Å²) in [4.78, 5) is 22.8. The number of hydrogen-bond acceptors (Lipinski definition) is 5. The molecule has 0 amide bonds. The van der Waals surface area contributed by atoms with Crippen LogP contribution in [0.5, 0.6) is 0 Å². The van der Waals surface area contributed by atoms with Crippen molar-refractivity contribution in [2.75, 3.05) is 6.61 Å². The van der Waals surface area contributed by atoms with Gasteiger partial charge in [-0.05, 0) is 47.0 Å². The Morgan fingerprint density at radius 3 is 2.12 bits per heavy atom. The summed E-state index contributed by atoms with van der Waals surface area (Å²) in [6.07, 6.45) is 9.77. The van der Waals surface area contributed by atoms with Crippen molar-refractivity contribution in [3.63, 3.8) is 0 Å². The molecule has 0 atom stereocenters. The molecule has 1 fully saturated rings. The summed E-state index contributed by atoms with van der Waals surface area (Å²) in [5.74, 6) is -0.211. The molecule has 1 heterocycles. The van der Waals surface area contributed by atoms with Crippen LogP contribution < -0.4 is 5.48 Å². The van der Waals surface area contributed by atoms with E-state index in [-0.39, 0.29) is 23.1 Å². The predicted molar refractivity (Wildman–Crippen MR) is 102 cm³/mol. The van der Waals surface area contributed by atoms with Gasteiger partial charge < -0.3 is 4.84 Å². The average molecular weight is 357 g/mol. The summed E-state index contributed by atoms with van der Waals surface area (Å²) in [6.45, 7) is 13.6. The van der Waals surface area contributed by atoms with Crippen LogP contribution in [0.2, 0.25) is 0 Å². The number of rotatable bonds is 11. The Hall–Kier alpha value is -0.650. The van der Waals surface area contributed by atoms with Gasteiger partial charge in [0.2, 0.25) is 0 Å². The van der Waals surface area contributed by atoms with Crippen LogP contribution in [0.15, 0.2) is 0 Å². The fraction of sp³-hybridized carbons (Fsp3) is 0.950. The maximum Gasteiger partial charge on any atom is 0.324 e. The predicted octanol–water partition coefficient (Wildman–Crippen LogP) is 4.76. The summed E-state index contributed by atoms with van der Waals surface area (Å²) in [5.41, 5.74) is 2.75. The third-order valence-corrected chi connectivity index (χ3v) is 4.94. The van der Waals surface area contributed by atoms with Gasteiger partial charge in [0.25, 0.3) is 0 Å². The maximum atomic E-state index is 11.4. The third-order valence-electron chi connectivity index (χ3n) is 4.94. The Morgan fingerprint density at radius 2 is 1.56 bits per heavy atom. The van der Waals surface area contributed by atoms with Gasteiger partial charge in [-0.25, -0.2) is 0 Å². The van der Waals surface area contributed by atoms with Crippen molar-refractivity contribution in [3.05, 3.63) is 0 Å². The molecule has 1 N–H and O–H groups in total. The van der Waals surface area contributed by atoms with Gasteiger partial charge in [-0.2, -0.15) is 5.06 Å². The van der Waals surface area contributed by atoms with Crippen molar-refractivity contribution in [3.8, 4) is 0 Å². The SMILES string of the molecule is CCCCCCCCON1C(C)(C)CC(NOC(=O)CC)CC1(C)C. The van der Waals surface area contributed by atoms with Crippen molar-refractivity contribution in [2.24, 2.45) is 0 Å². The van der Waals surface area contributed by atoms with Crippen LogP contribution in [0.4, 0.5) is 0 Å². The highest BCUT2D eigenvalue weighted by atomic mass is 16.7. The molecular weight excluding hydrogens is 316 g/mol. The van der Waals surface area contributed by atoms with Crippen molar-refractivity contribution in [1.29, 1.82) is 0 Å². The van der Waals surface area contributed by atoms with E-state index in [4.69, 9.17) is 9.68 Å². The van der Waals surface area contributed by atoms with Gasteiger partial charge in [0.1, 0.15) is 0 Å². The lowest BCUT2D eigenvalue weighted by atomic mass is 9.79. The molecule has 0 radical (unpaired) electrons. The van der Waals surface area contributed by atoms with E-state index < -0.39 is 0 Å². The Kier molecular flexibility index (Phi) is 9.39. The Bertz CT molecular complexity index is 378. The van der Waals surface area contributed by atoms with Crippen molar-refractivity contribution in [2.45, 2.75) is 116 Å². The molecular formula is C20H40N2O3. The molecule has 1 rings (SSSR count). The number of carbonyl (C=O) groups is 1. The van der Waals surface area contributed by atoms with Crippen LogP contribution in [0, 0.1) is 0 Å². The molecule has 1 aliphatic rings. The van der Waals surface area contributed by atoms with Crippen LogP contribution in [0.3, 0.4) is 0 Å². The fourth-order valence-corrected chi connectivity index (χ4v) is 3.96. The van der Waals surface area contributed by atoms with Gasteiger partial charge in [-0.15, -0.1) is 5.48 Å². The largest absolute Gasteiger partial charge is 0.370 e. The quantitative estimate of drug-likeness (QED) is 0.427. The monoisotopic (exact) mass is 356 g/mol. The van der Waals surface area contributed by atoms with Crippen LogP contribution in [-0.2, 0) is 14.5 Å². The van der Waals surface area contributed by atoms with E-state index in [1.165, 1.54) is 32.1 Å². The second-order valence-corrected chi connectivity index (χ2v) is 8.57. The minimum atomic E-state index is -0.211. The lowest BCUT2D eigenvalue weighted by molar-refractivity contribution is -0.287. The number of carbonyl (C=O) groups excluding carboxylic acids is 1. The summed E-state index contributed by atoms with van der Waals surface area (Å²) < 4.78 is 0. The van der Waals surface area contributed by atoms with Gasteiger partial charge in [-0.3, -0.25) is 9.63 Å². The number of unbranched alkanes of at least 4 members (excludes halogenated alkanes) is 5. The second-order valence-electron chi connectivity index (χ2n) is 8.57. The zero-order valence-electron chi connectivity index (χ0n) is 17.3. The normalized spacial score (nSPS) is 20.6. The number of piperidine rings is 1. The molecule has 5 heteroatoms. The van der Waals surface area contributed by atoms with Crippen molar-refractivity contribution in [1.82, 2.24) is 10.5 Å². The lowest BCUT2D eigenvalue weighted by Gasteiger charge is -2.53. The lowest BCUT2D eigenvalue weighted by Crippen LogP contribution is -2.63. The molecule has 0 bridgehead atoms. The van der Waals surface area contributed by atoms with E-state index in [0.29, 0.717) is 6.42 Å². The first-order valence-corrected chi connectivity index (χ1v) is 10.1. The fourth-order valence-electron chi connectivity index (χ4n) is 3.96. The van der Waals surface area contributed by atoms with Crippen LogP contribution in [-0.4, -0.2) is 34.8 Å². The topological polar surface area (TPSA) is 50.8 Å². The molecule has 25 heavy (non-hydrogen) atoms. The Labute approximate surface area is 154 Å². The molecule has 0 aromatic rings. The van der Waals surface area contributed by atoms with Crippen molar-refractivity contribution < 1.29 is 14.5 Å². The van der Waals surface area contributed by atoms with E-state index in [9.17, 15) is 4.79 Å². The van der Waals surface area contributed by atoms with Gasteiger partial charge in [0.05, 0.1) is 6.61 Å². The molecule has 0 aromatic carbocycles. The van der Waals surface area contributed by atoms with Crippen molar-refractivity contribution >= 4 is 5.97 Å². The number of hydroxylamine groups is 3. The van der Waals surface area contributed by atoms with E-state index in [1.54, 1.807) is 6.92 Å². The molecule has 148 valence electrons. The molecule has 1 saturated heterocycles. The highest BCUT2D eigenvalue weighted by Gasteiger charge is 2.46. The molecule has 0 saturated carbocycles. The highest BCUT2D eigenvalue weighted by molar-refractivity contribution is 5.68. The summed E-state index contributed by atoms with van der Waals surface area (Å²) in [6, 6.07) is 0.148. The van der Waals surface area contributed by atoms with E-state index in [0.717, 1.165) is 25.9 Å². The van der Waals surface area contributed by atoms with Crippen LogP contribution in [0.1, 0.15) is 99.3 Å². The molecule has 1 aliphatic heterocycles. The standard InChI is InChI=1S/C20H40N2O3/c1-7-9-10-11-12-13-14-24-22-19(3,4)15-17(16-20(22,5)6)21-25-18(23)8-2/h17,21H,7-16H2,1-6H3. The van der Waals surface area contributed by atoms with E-state index in [1.807, 2.05) is 0 Å². The zero-order valence-corrected chi connectivity index (χ0v) is 17.3. The molecule has 0 spiro atoms. The van der Waals surface area contributed by atoms with Gasteiger partial charge in [0.15, 0.2) is 0 Å². The van der Waals surface area contributed by atoms with Gasteiger partial charge in [0, 0.05) is 23.5 Å². The molecule has 0 aliphatic carbocycles. The van der Waals surface area contributed by atoms with Crippen LogP contribution >= 0.6 is 0 Å². The third kappa shape index (κ3) is 7.63. The smallest absolute Gasteiger partial charge is 0.324 e. The first kappa shape index (κ1) is 22.4. The summed E-state index contributed by atoms with van der Waals surface area (Å²) in [5, 5.41) is 2.17. The Morgan fingerprint density at radius 1 is 1.00 bits per heavy atom. The first-order valence-electron chi connectivity index (χ1n) is 10.1. The van der Waals surface area contributed by atoms with E-state index in [2.05, 4.69) is 45.2 Å². The van der Waals surface area contributed by atoms with Crippen LogP contribution in [0.25, 0.3) is 0 Å². The highest BCUT2D eigenvalue weighted by Crippen LogP contribution is 2.38. The zero-order chi connectivity index (χ0) is 18.9. The first-order chi connectivity index (χ1) is 11.7. The minimum absolute atomic E-state index is 0.111. The number of nitrogens with one attached hydrogen (secondary N) is 1. The summed E-state index contributed by atoms with van der Waals surface area (Å²) >= 11 is 0. The molecule has 5 nitrogen and oxygen atoms in total. The number of hydrogen-bond donors (Lipinski definition) is 1. The minimum Gasteiger partial charge on any atom is -0.370 e. The average Bonchev–Trinajstić information content (AvgIpc) is 2.52. The maximum absolute atomic E-state index is 11.4. The molecule has 0 aromatic heterocycles. The van der Waals surface area contributed by atoms with Gasteiger partial charge >= 0.3 is 5.97 Å².